The lowest BCUT2D eigenvalue weighted by Gasteiger charge is -2.24. The summed E-state index contributed by atoms with van der Waals surface area (Å²) in [5.74, 6) is 0.491. The second kappa shape index (κ2) is 7.75. The first-order chi connectivity index (χ1) is 11.2. The molecule has 0 bridgehead atoms. The second-order valence-electron chi connectivity index (χ2n) is 8.26. The maximum atomic E-state index is 9.62. The molecule has 1 aromatic rings. The van der Waals surface area contributed by atoms with Crippen LogP contribution >= 0.6 is 0 Å². The molecule has 3 unspecified atom stereocenters. The van der Waals surface area contributed by atoms with Crippen molar-refractivity contribution < 1.29 is 5.11 Å². The minimum Gasteiger partial charge on any atom is -0.395 e. The first-order valence-corrected chi connectivity index (χ1v) is 9.11. The van der Waals surface area contributed by atoms with Crippen LogP contribution in [0.2, 0.25) is 0 Å². The van der Waals surface area contributed by atoms with Gasteiger partial charge in [0.15, 0.2) is 0 Å². The van der Waals surface area contributed by atoms with Gasteiger partial charge in [-0.25, -0.2) is 0 Å². The third kappa shape index (κ3) is 4.64. The average molecular weight is 332 g/mol. The Bertz CT molecular complexity index is 589. The SMILES string of the molecule is C/C(=C\c1ncc(C2CCCC(C)C(CO)N2)nc1C)C(C)(C)C. The zero-order valence-electron chi connectivity index (χ0n) is 16.1. The predicted molar refractivity (Wildman–Crippen MR) is 99.6 cm³/mol. The van der Waals surface area contributed by atoms with Crippen LogP contribution in [-0.4, -0.2) is 27.7 Å². The van der Waals surface area contributed by atoms with Crippen LogP contribution in [-0.2, 0) is 0 Å². The molecule has 1 aromatic heterocycles. The minimum absolute atomic E-state index is 0.139. The third-order valence-corrected chi connectivity index (χ3v) is 5.35. The number of nitrogens with zero attached hydrogens (tertiary/aromatic N) is 2. The standard InChI is InChI=1S/C20H33N3O/c1-13-8-7-9-16(23-19(13)12-24)18-11-21-17(15(3)22-18)10-14(2)20(4,5)6/h10-11,13,16,19,23-24H,7-9,12H2,1-6H3/b14-10+. The molecular formula is C20H33N3O. The van der Waals surface area contributed by atoms with Gasteiger partial charge in [-0.3, -0.25) is 9.97 Å². The number of rotatable bonds is 3. The lowest BCUT2D eigenvalue weighted by Crippen LogP contribution is -2.39. The Labute approximate surface area is 146 Å². The van der Waals surface area contributed by atoms with Crippen molar-refractivity contribution in [2.45, 2.75) is 72.9 Å². The number of aromatic nitrogens is 2. The van der Waals surface area contributed by atoms with Gasteiger partial charge in [-0.05, 0) is 44.1 Å². The van der Waals surface area contributed by atoms with Gasteiger partial charge in [0, 0.05) is 6.04 Å². The lowest BCUT2D eigenvalue weighted by atomic mass is 9.87. The highest BCUT2D eigenvalue weighted by molar-refractivity contribution is 5.51. The van der Waals surface area contributed by atoms with Crippen LogP contribution in [0.15, 0.2) is 11.8 Å². The molecule has 2 N–H and O–H groups in total. The van der Waals surface area contributed by atoms with E-state index in [-0.39, 0.29) is 24.1 Å². The van der Waals surface area contributed by atoms with E-state index >= 15 is 0 Å². The molecule has 4 nitrogen and oxygen atoms in total. The van der Waals surface area contributed by atoms with E-state index in [1.165, 1.54) is 5.57 Å². The number of allylic oxidation sites excluding steroid dienone is 1. The van der Waals surface area contributed by atoms with Crippen LogP contribution in [0.3, 0.4) is 0 Å². The summed E-state index contributed by atoms with van der Waals surface area (Å²) in [6.07, 6.45) is 7.39. The molecule has 0 aromatic carbocycles. The van der Waals surface area contributed by atoms with Crippen LogP contribution in [0.5, 0.6) is 0 Å². The van der Waals surface area contributed by atoms with E-state index < -0.39 is 0 Å². The Morgan fingerprint density at radius 3 is 2.67 bits per heavy atom. The van der Waals surface area contributed by atoms with Crippen molar-refractivity contribution in [1.29, 1.82) is 0 Å². The Hall–Kier alpha value is -1.26. The third-order valence-electron chi connectivity index (χ3n) is 5.35. The van der Waals surface area contributed by atoms with Crippen LogP contribution in [0.4, 0.5) is 0 Å². The van der Waals surface area contributed by atoms with E-state index in [9.17, 15) is 5.11 Å². The van der Waals surface area contributed by atoms with E-state index in [0.717, 1.165) is 36.3 Å². The Morgan fingerprint density at radius 1 is 1.38 bits per heavy atom. The van der Waals surface area contributed by atoms with Gasteiger partial charge in [0.2, 0.25) is 0 Å². The van der Waals surface area contributed by atoms with E-state index in [2.05, 4.69) is 51.0 Å². The van der Waals surface area contributed by atoms with Crippen molar-refractivity contribution in [2.75, 3.05) is 6.61 Å². The summed E-state index contributed by atoms with van der Waals surface area (Å²) in [6.45, 7) is 13.2. The molecule has 1 aliphatic rings. The number of hydrogen-bond donors (Lipinski definition) is 2. The Kier molecular flexibility index (Phi) is 6.16. The van der Waals surface area contributed by atoms with Crippen molar-refractivity contribution in [1.82, 2.24) is 15.3 Å². The molecule has 0 radical (unpaired) electrons. The first kappa shape index (κ1) is 19.1. The van der Waals surface area contributed by atoms with Gasteiger partial charge in [-0.15, -0.1) is 0 Å². The highest BCUT2D eigenvalue weighted by Crippen LogP contribution is 2.29. The predicted octanol–water partition coefficient (Wildman–Crippen LogP) is 4.05. The molecule has 1 fully saturated rings. The molecule has 0 aliphatic carbocycles. The van der Waals surface area contributed by atoms with Crippen molar-refractivity contribution in [3.05, 3.63) is 28.9 Å². The van der Waals surface area contributed by atoms with E-state index in [1.54, 1.807) is 0 Å². The van der Waals surface area contributed by atoms with E-state index in [0.29, 0.717) is 5.92 Å². The number of nitrogens with one attached hydrogen (secondary N) is 1. The van der Waals surface area contributed by atoms with Gasteiger partial charge >= 0.3 is 0 Å². The van der Waals surface area contributed by atoms with E-state index in [4.69, 9.17) is 4.98 Å². The van der Waals surface area contributed by atoms with Gasteiger partial charge in [-0.1, -0.05) is 39.7 Å². The molecule has 0 amide bonds. The molecule has 0 spiro atoms. The minimum atomic E-state index is 0.139. The maximum absolute atomic E-state index is 9.62. The Morgan fingerprint density at radius 2 is 2.08 bits per heavy atom. The molecule has 3 atom stereocenters. The van der Waals surface area contributed by atoms with Crippen molar-refractivity contribution >= 4 is 6.08 Å². The normalized spacial score (nSPS) is 26.3. The molecule has 1 saturated heterocycles. The average Bonchev–Trinajstić information content (AvgIpc) is 2.69. The number of aliphatic hydroxyl groups is 1. The van der Waals surface area contributed by atoms with Gasteiger partial charge in [0.25, 0.3) is 0 Å². The molecule has 0 saturated carbocycles. The molecule has 2 rings (SSSR count). The van der Waals surface area contributed by atoms with Crippen LogP contribution in [0.25, 0.3) is 6.08 Å². The molecule has 1 aliphatic heterocycles. The summed E-state index contributed by atoms with van der Waals surface area (Å²) in [6, 6.07) is 0.322. The summed E-state index contributed by atoms with van der Waals surface area (Å²) in [5.41, 5.74) is 4.35. The highest BCUT2D eigenvalue weighted by atomic mass is 16.3. The first-order valence-electron chi connectivity index (χ1n) is 9.11. The molecular weight excluding hydrogens is 298 g/mol. The van der Waals surface area contributed by atoms with Crippen LogP contribution < -0.4 is 5.32 Å². The molecule has 24 heavy (non-hydrogen) atoms. The van der Waals surface area contributed by atoms with Crippen molar-refractivity contribution in [3.8, 4) is 0 Å². The largest absolute Gasteiger partial charge is 0.395 e. The molecule has 2 heterocycles. The fourth-order valence-corrected chi connectivity index (χ4v) is 3.06. The van der Waals surface area contributed by atoms with Crippen molar-refractivity contribution in [3.63, 3.8) is 0 Å². The zero-order valence-corrected chi connectivity index (χ0v) is 16.1. The summed E-state index contributed by atoms with van der Waals surface area (Å²) in [5, 5.41) is 13.2. The van der Waals surface area contributed by atoms with E-state index in [1.807, 2.05) is 13.1 Å². The van der Waals surface area contributed by atoms with Gasteiger partial charge in [0.05, 0.1) is 35.9 Å². The van der Waals surface area contributed by atoms with Crippen LogP contribution in [0.1, 0.15) is 77.0 Å². The second-order valence-corrected chi connectivity index (χ2v) is 8.26. The summed E-state index contributed by atoms with van der Waals surface area (Å²) in [7, 11) is 0. The van der Waals surface area contributed by atoms with Crippen molar-refractivity contribution in [2.24, 2.45) is 11.3 Å². The number of aliphatic hydroxyl groups excluding tert-OH is 1. The summed E-state index contributed by atoms with van der Waals surface area (Å²) >= 11 is 0. The molecule has 4 heteroatoms. The summed E-state index contributed by atoms with van der Waals surface area (Å²) in [4.78, 5) is 9.48. The smallest absolute Gasteiger partial charge is 0.0842 e. The Balaban J connectivity index is 2.23. The molecule has 134 valence electrons. The van der Waals surface area contributed by atoms with Gasteiger partial charge in [0.1, 0.15) is 0 Å². The number of aryl methyl sites for hydroxylation is 1. The maximum Gasteiger partial charge on any atom is 0.0842 e. The highest BCUT2D eigenvalue weighted by Gasteiger charge is 2.26. The number of hydrogen-bond acceptors (Lipinski definition) is 4. The topological polar surface area (TPSA) is 58.0 Å². The van der Waals surface area contributed by atoms with Gasteiger partial charge < -0.3 is 10.4 Å². The zero-order chi connectivity index (χ0) is 17.9. The lowest BCUT2D eigenvalue weighted by molar-refractivity contribution is 0.199. The summed E-state index contributed by atoms with van der Waals surface area (Å²) < 4.78 is 0. The quantitative estimate of drug-likeness (QED) is 0.877. The fourth-order valence-electron chi connectivity index (χ4n) is 3.06. The fraction of sp³-hybridized carbons (Fsp3) is 0.700. The van der Waals surface area contributed by atoms with Gasteiger partial charge in [-0.2, -0.15) is 0 Å². The monoisotopic (exact) mass is 331 g/mol. The van der Waals surface area contributed by atoms with Crippen LogP contribution in [0, 0.1) is 18.3 Å².